The normalized spacial score (nSPS) is 24.4. The summed E-state index contributed by atoms with van der Waals surface area (Å²) in [6.45, 7) is 10.3. The highest BCUT2D eigenvalue weighted by atomic mass is 79.9. The maximum atomic E-state index is 3.73. The Morgan fingerprint density at radius 2 is 2.28 bits per heavy atom. The molecule has 1 fully saturated rings. The van der Waals surface area contributed by atoms with Crippen LogP contribution in [0.25, 0.3) is 0 Å². The molecule has 3 heteroatoms. The SMILES string of the molecule is CCNC(c1cc(C)c(Br)s1)C1CCCC1(C)C. The second kappa shape index (κ2) is 5.64. The van der Waals surface area contributed by atoms with Gasteiger partial charge in [-0.1, -0.05) is 27.2 Å². The predicted molar refractivity (Wildman–Crippen MR) is 84.3 cm³/mol. The summed E-state index contributed by atoms with van der Waals surface area (Å²) in [5.41, 5.74) is 1.84. The number of nitrogens with one attached hydrogen (secondary N) is 1. The number of halogens is 1. The third-order valence-corrected chi connectivity index (χ3v) is 6.57. The fraction of sp³-hybridized carbons (Fsp3) is 0.733. The van der Waals surface area contributed by atoms with Gasteiger partial charge in [-0.2, -0.15) is 0 Å². The fourth-order valence-electron chi connectivity index (χ4n) is 3.27. The Labute approximate surface area is 123 Å². The Balaban J connectivity index is 2.28. The van der Waals surface area contributed by atoms with Gasteiger partial charge in [-0.3, -0.25) is 0 Å². The Kier molecular flexibility index (Phi) is 4.56. The van der Waals surface area contributed by atoms with Crippen molar-refractivity contribution in [2.45, 2.75) is 53.0 Å². The molecule has 0 radical (unpaired) electrons. The fourth-order valence-corrected chi connectivity index (χ4v) is 4.98. The first kappa shape index (κ1) is 14.5. The van der Waals surface area contributed by atoms with E-state index in [1.165, 1.54) is 33.5 Å². The third-order valence-electron chi connectivity index (χ3n) is 4.35. The lowest BCUT2D eigenvalue weighted by molar-refractivity contribution is 0.201. The molecule has 1 aliphatic rings. The third kappa shape index (κ3) is 2.83. The van der Waals surface area contributed by atoms with E-state index in [9.17, 15) is 0 Å². The predicted octanol–water partition coefficient (Wildman–Crippen LogP) is 5.30. The Hall–Kier alpha value is 0.140. The van der Waals surface area contributed by atoms with Crippen LogP contribution in [0.3, 0.4) is 0 Å². The summed E-state index contributed by atoms with van der Waals surface area (Å²) in [5, 5.41) is 3.73. The average molecular weight is 330 g/mol. The lowest BCUT2D eigenvalue weighted by atomic mass is 9.77. The smallest absolute Gasteiger partial charge is 0.0731 e. The first-order chi connectivity index (χ1) is 8.45. The minimum absolute atomic E-state index is 0.469. The largest absolute Gasteiger partial charge is 0.309 e. The van der Waals surface area contributed by atoms with E-state index < -0.39 is 0 Å². The molecule has 0 saturated heterocycles. The van der Waals surface area contributed by atoms with Gasteiger partial charge in [-0.05, 0) is 65.2 Å². The van der Waals surface area contributed by atoms with Crippen LogP contribution in [-0.4, -0.2) is 6.54 Å². The van der Waals surface area contributed by atoms with Gasteiger partial charge in [-0.15, -0.1) is 11.3 Å². The number of hydrogen-bond acceptors (Lipinski definition) is 2. The number of rotatable bonds is 4. The summed E-state index contributed by atoms with van der Waals surface area (Å²) in [6.07, 6.45) is 4.11. The molecule has 0 spiro atoms. The van der Waals surface area contributed by atoms with E-state index in [-0.39, 0.29) is 0 Å². The van der Waals surface area contributed by atoms with E-state index in [2.05, 4.69) is 55.0 Å². The Morgan fingerprint density at radius 3 is 2.72 bits per heavy atom. The van der Waals surface area contributed by atoms with Crippen LogP contribution in [-0.2, 0) is 0 Å². The van der Waals surface area contributed by atoms with E-state index in [0.29, 0.717) is 11.5 Å². The van der Waals surface area contributed by atoms with Gasteiger partial charge in [0.1, 0.15) is 0 Å². The highest BCUT2D eigenvalue weighted by Crippen LogP contribution is 2.50. The molecule has 102 valence electrons. The van der Waals surface area contributed by atoms with E-state index >= 15 is 0 Å². The van der Waals surface area contributed by atoms with Crippen LogP contribution in [0.5, 0.6) is 0 Å². The number of aryl methyl sites for hydroxylation is 1. The van der Waals surface area contributed by atoms with Crippen LogP contribution in [0.4, 0.5) is 0 Å². The van der Waals surface area contributed by atoms with Crippen molar-refractivity contribution in [1.82, 2.24) is 5.32 Å². The molecular weight excluding hydrogens is 306 g/mol. The van der Waals surface area contributed by atoms with E-state index in [4.69, 9.17) is 0 Å². The lowest BCUT2D eigenvalue weighted by Gasteiger charge is -2.34. The second-order valence-electron chi connectivity index (χ2n) is 6.13. The molecule has 1 aliphatic carbocycles. The van der Waals surface area contributed by atoms with Crippen molar-refractivity contribution in [3.8, 4) is 0 Å². The summed E-state index contributed by atoms with van der Waals surface area (Å²) >= 11 is 5.57. The number of thiophene rings is 1. The molecule has 18 heavy (non-hydrogen) atoms. The summed E-state index contributed by atoms with van der Waals surface area (Å²) in [5.74, 6) is 0.766. The zero-order valence-corrected chi connectivity index (χ0v) is 14.2. The van der Waals surface area contributed by atoms with Crippen LogP contribution in [0.15, 0.2) is 9.85 Å². The standard InChI is InChI=1S/C15H24BrNS/c1-5-17-13(11-7-6-8-15(11,3)4)12-9-10(2)14(16)18-12/h9,11,13,17H,5-8H2,1-4H3. The van der Waals surface area contributed by atoms with Gasteiger partial charge < -0.3 is 5.32 Å². The molecule has 0 bridgehead atoms. The van der Waals surface area contributed by atoms with Gasteiger partial charge in [0.15, 0.2) is 0 Å². The van der Waals surface area contributed by atoms with Gasteiger partial charge in [0, 0.05) is 10.9 Å². The summed E-state index contributed by atoms with van der Waals surface area (Å²) < 4.78 is 1.29. The van der Waals surface area contributed by atoms with E-state index in [1.807, 2.05) is 11.3 Å². The molecule has 1 aromatic heterocycles. The maximum absolute atomic E-state index is 3.73. The molecule has 2 atom stereocenters. The minimum Gasteiger partial charge on any atom is -0.309 e. The minimum atomic E-state index is 0.469. The van der Waals surface area contributed by atoms with Crippen molar-refractivity contribution in [2.75, 3.05) is 6.54 Å². The van der Waals surface area contributed by atoms with Crippen molar-refractivity contribution in [3.63, 3.8) is 0 Å². The zero-order valence-electron chi connectivity index (χ0n) is 11.8. The molecule has 1 saturated carbocycles. The van der Waals surface area contributed by atoms with Gasteiger partial charge in [0.05, 0.1) is 3.79 Å². The van der Waals surface area contributed by atoms with Crippen molar-refractivity contribution in [1.29, 1.82) is 0 Å². The first-order valence-electron chi connectivity index (χ1n) is 6.95. The molecule has 2 rings (SSSR count). The van der Waals surface area contributed by atoms with Crippen LogP contribution >= 0.6 is 27.3 Å². The zero-order chi connectivity index (χ0) is 13.3. The lowest BCUT2D eigenvalue weighted by Crippen LogP contribution is -2.33. The topological polar surface area (TPSA) is 12.0 Å². The monoisotopic (exact) mass is 329 g/mol. The molecule has 0 aliphatic heterocycles. The van der Waals surface area contributed by atoms with Gasteiger partial charge in [0.2, 0.25) is 0 Å². The maximum Gasteiger partial charge on any atom is 0.0731 e. The molecule has 1 nitrogen and oxygen atoms in total. The number of hydrogen-bond donors (Lipinski definition) is 1. The molecule has 0 aromatic carbocycles. The van der Waals surface area contributed by atoms with E-state index in [1.54, 1.807) is 0 Å². The van der Waals surface area contributed by atoms with Crippen molar-refractivity contribution in [2.24, 2.45) is 11.3 Å². The van der Waals surface area contributed by atoms with E-state index in [0.717, 1.165) is 12.5 Å². The highest BCUT2D eigenvalue weighted by molar-refractivity contribution is 9.11. The molecule has 1 heterocycles. The summed E-state index contributed by atoms with van der Waals surface area (Å²) in [7, 11) is 0. The summed E-state index contributed by atoms with van der Waals surface area (Å²) in [6, 6.07) is 2.89. The van der Waals surface area contributed by atoms with Crippen LogP contribution in [0.2, 0.25) is 0 Å². The molecule has 0 amide bonds. The van der Waals surface area contributed by atoms with Gasteiger partial charge >= 0.3 is 0 Å². The highest BCUT2D eigenvalue weighted by Gasteiger charge is 2.40. The van der Waals surface area contributed by atoms with Crippen LogP contribution in [0, 0.1) is 18.3 Å². The van der Waals surface area contributed by atoms with Gasteiger partial charge in [-0.25, -0.2) is 0 Å². The first-order valence-corrected chi connectivity index (χ1v) is 8.56. The molecule has 1 N–H and O–H groups in total. The Bertz CT molecular complexity index is 391. The van der Waals surface area contributed by atoms with Gasteiger partial charge in [0.25, 0.3) is 0 Å². The average Bonchev–Trinajstić information content (AvgIpc) is 2.79. The van der Waals surface area contributed by atoms with Crippen LogP contribution < -0.4 is 5.32 Å². The quantitative estimate of drug-likeness (QED) is 0.790. The summed E-state index contributed by atoms with van der Waals surface area (Å²) in [4.78, 5) is 1.50. The molecule has 2 unspecified atom stereocenters. The Morgan fingerprint density at radius 1 is 1.56 bits per heavy atom. The molecular formula is C15H24BrNS. The van der Waals surface area contributed by atoms with Crippen molar-refractivity contribution < 1.29 is 0 Å². The van der Waals surface area contributed by atoms with Crippen LogP contribution in [0.1, 0.15) is 56.5 Å². The second-order valence-corrected chi connectivity index (χ2v) is 8.53. The van der Waals surface area contributed by atoms with Crippen molar-refractivity contribution in [3.05, 3.63) is 20.3 Å². The molecule has 1 aromatic rings. The van der Waals surface area contributed by atoms with Crippen molar-refractivity contribution >= 4 is 27.3 Å².